The van der Waals surface area contributed by atoms with Crippen molar-refractivity contribution in [2.24, 2.45) is 0 Å². The summed E-state index contributed by atoms with van der Waals surface area (Å²) in [5, 5.41) is 86.5. The van der Waals surface area contributed by atoms with E-state index in [0.29, 0.717) is 12.8 Å². The minimum atomic E-state index is -1.79. The van der Waals surface area contributed by atoms with Crippen molar-refractivity contribution in [3.05, 3.63) is 85.1 Å². The predicted molar refractivity (Wildman–Crippen MR) is 295 cm³/mol. The molecule has 426 valence electrons. The highest BCUT2D eigenvalue weighted by Crippen LogP contribution is 2.30. The molecular formula is C60H103NO13. The number of hydrogen-bond acceptors (Lipinski definition) is 13. The lowest BCUT2D eigenvalue weighted by Crippen LogP contribution is -2.65. The number of nitrogens with one attached hydrogen (secondary N) is 1. The van der Waals surface area contributed by atoms with Crippen LogP contribution < -0.4 is 5.32 Å². The monoisotopic (exact) mass is 1050 g/mol. The molecule has 12 atom stereocenters. The number of carbonyl (C=O) groups excluding carboxylic acids is 1. The second kappa shape index (κ2) is 45.2. The molecule has 2 heterocycles. The quantitative estimate of drug-likeness (QED) is 0.0205. The maximum Gasteiger partial charge on any atom is 0.220 e. The fourth-order valence-electron chi connectivity index (χ4n) is 8.93. The van der Waals surface area contributed by atoms with Gasteiger partial charge in [0.05, 0.1) is 32.0 Å². The highest BCUT2D eigenvalue weighted by Gasteiger charge is 2.51. The molecule has 0 aromatic rings. The van der Waals surface area contributed by atoms with Crippen molar-refractivity contribution in [3.63, 3.8) is 0 Å². The van der Waals surface area contributed by atoms with Crippen molar-refractivity contribution in [1.82, 2.24) is 5.32 Å². The first kappa shape index (κ1) is 67.3. The Hall–Kier alpha value is -2.83. The van der Waals surface area contributed by atoms with Gasteiger partial charge in [0.2, 0.25) is 5.91 Å². The van der Waals surface area contributed by atoms with Crippen molar-refractivity contribution >= 4 is 5.91 Å². The van der Waals surface area contributed by atoms with E-state index in [0.717, 1.165) is 70.6 Å². The standard InChI is InChI=1S/C60H103NO13/c1-3-5-7-9-11-12-13-14-15-16-17-18-19-20-21-22-23-24-25-26-27-28-29-30-31-32-33-34-35-36-38-40-42-44-52(65)61-48(49(64)43-41-39-37-10-8-6-4-2)47-71-59-57(70)55(68)58(51(46-63)73-59)74-60-56(69)54(67)53(66)50(45-62)72-60/h5,7-8,10-12,14-15,17-18,20-21,41,43,48-51,53-60,62-64,66-70H,3-4,6,9,13,16,19,22-40,42,44-47H2,1-2H3,(H,61,65)/b7-5-,10-8+,12-11-,15-14-,18-17-,21-20-,43-41+. The van der Waals surface area contributed by atoms with Crippen LogP contribution >= 0.6 is 0 Å². The van der Waals surface area contributed by atoms with Gasteiger partial charge in [-0.2, -0.15) is 0 Å². The third-order valence-corrected chi connectivity index (χ3v) is 13.5. The number of aliphatic hydroxyl groups is 8. The van der Waals surface area contributed by atoms with Crippen LogP contribution in [0.3, 0.4) is 0 Å². The molecule has 9 N–H and O–H groups in total. The molecule has 2 saturated heterocycles. The first-order valence-electron chi connectivity index (χ1n) is 28.8. The van der Waals surface area contributed by atoms with Gasteiger partial charge in [-0.25, -0.2) is 0 Å². The summed E-state index contributed by atoms with van der Waals surface area (Å²) < 4.78 is 22.6. The molecule has 74 heavy (non-hydrogen) atoms. The van der Waals surface area contributed by atoms with Crippen LogP contribution in [0.2, 0.25) is 0 Å². The number of allylic oxidation sites excluding steroid dienone is 13. The summed E-state index contributed by atoms with van der Waals surface area (Å²) in [6.07, 6.45) is 44.1. The zero-order valence-electron chi connectivity index (χ0n) is 45.6. The van der Waals surface area contributed by atoms with Crippen molar-refractivity contribution in [2.75, 3.05) is 19.8 Å². The number of carbonyl (C=O) groups is 1. The lowest BCUT2D eigenvalue weighted by atomic mass is 9.97. The van der Waals surface area contributed by atoms with Gasteiger partial charge in [0.15, 0.2) is 12.6 Å². The van der Waals surface area contributed by atoms with Gasteiger partial charge in [-0.05, 0) is 70.6 Å². The van der Waals surface area contributed by atoms with Gasteiger partial charge in [-0.1, -0.05) is 202 Å². The smallest absolute Gasteiger partial charge is 0.220 e. The topological polar surface area (TPSA) is 228 Å². The van der Waals surface area contributed by atoms with Crippen molar-refractivity contribution in [1.29, 1.82) is 0 Å². The maximum absolute atomic E-state index is 13.1. The fraction of sp³-hybridized carbons (Fsp3) is 0.750. The normalized spacial score (nSPS) is 25.9. The van der Waals surface area contributed by atoms with Crippen LogP contribution in [0.4, 0.5) is 0 Å². The van der Waals surface area contributed by atoms with E-state index in [4.69, 9.17) is 18.9 Å². The molecule has 0 aromatic heterocycles. The summed E-state index contributed by atoms with van der Waals surface area (Å²) in [6, 6.07) is -0.931. The lowest BCUT2D eigenvalue weighted by Gasteiger charge is -2.46. The number of unbranched alkanes of at least 4 members (excludes halogenated alkanes) is 19. The zero-order valence-corrected chi connectivity index (χ0v) is 45.6. The van der Waals surface area contributed by atoms with Gasteiger partial charge < -0.3 is 65.1 Å². The molecule has 12 unspecified atom stereocenters. The molecule has 14 nitrogen and oxygen atoms in total. The van der Waals surface area contributed by atoms with Crippen LogP contribution in [0, 0.1) is 0 Å². The second-order valence-electron chi connectivity index (χ2n) is 20.0. The molecule has 2 fully saturated rings. The number of hydrogen-bond donors (Lipinski definition) is 9. The lowest BCUT2D eigenvalue weighted by molar-refractivity contribution is -0.359. The zero-order chi connectivity index (χ0) is 53.9. The summed E-state index contributed by atoms with van der Waals surface area (Å²) in [7, 11) is 0. The minimum Gasteiger partial charge on any atom is -0.394 e. The average Bonchev–Trinajstić information content (AvgIpc) is 3.40. The molecule has 2 rings (SSSR count). The summed E-state index contributed by atoms with van der Waals surface area (Å²) in [5.74, 6) is -0.257. The second-order valence-corrected chi connectivity index (χ2v) is 20.0. The summed E-state index contributed by atoms with van der Waals surface area (Å²) in [4.78, 5) is 13.1. The highest BCUT2D eigenvalue weighted by atomic mass is 16.7. The third kappa shape index (κ3) is 30.8. The van der Waals surface area contributed by atoms with Gasteiger partial charge >= 0.3 is 0 Å². The average molecular weight is 1050 g/mol. The Kier molecular flexibility index (Phi) is 41.1. The fourth-order valence-corrected chi connectivity index (χ4v) is 8.93. The Morgan fingerprint density at radius 2 is 0.946 bits per heavy atom. The molecule has 1 amide bonds. The van der Waals surface area contributed by atoms with Crippen LogP contribution in [0.25, 0.3) is 0 Å². The molecule has 0 aromatic carbocycles. The number of amides is 1. The van der Waals surface area contributed by atoms with E-state index < -0.39 is 86.8 Å². The Morgan fingerprint density at radius 3 is 1.47 bits per heavy atom. The first-order chi connectivity index (χ1) is 36.1. The number of aliphatic hydroxyl groups excluding tert-OH is 8. The van der Waals surface area contributed by atoms with Gasteiger partial charge in [-0.3, -0.25) is 4.79 Å². The van der Waals surface area contributed by atoms with Crippen LogP contribution in [0.15, 0.2) is 85.1 Å². The van der Waals surface area contributed by atoms with Gasteiger partial charge in [0, 0.05) is 6.42 Å². The van der Waals surface area contributed by atoms with Crippen LogP contribution in [0.1, 0.15) is 194 Å². The van der Waals surface area contributed by atoms with Crippen LogP contribution in [-0.4, -0.2) is 140 Å². The van der Waals surface area contributed by atoms with E-state index in [2.05, 4.69) is 92.1 Å². The molecule has 0 aliphatic carbocycles. The van der Waals surface area contributed by atoms with Crippen molar-refractivity contribution < 1.29 is 64.6 Å². The van der Waals surface area contributed by atoms with Gasteiger partial charge in [0.1, 0.15) is 48.8 Å². The minimum absolute atomic E-state index is 0.257. The first-order valence-corrected chi connectivity index (χ1v) is 28.8. The van der Waals surface area contributed by atoms with Gasteiger partial charge in [0.25, 0.3) is 0 Å². The van der Waals surface area contributed by atoms with E-state index in [9.17, 15) is 45.6 Å². The molecule has 2 aliphatic rings. The van der Waals surface area contributed by atoms with E-state index in [1.807, 2.05) is 6.08 Å². The Labute approximate surface area is 446 Å². The van der Waals surface area contributed by atoms with Crippen LogP contribution in [0.5, 0.6) is 0 Å². The largest absolute Gasteiger partial charge is 0.394 e. The molecule has 14 heteroatoms. The van der Waals surface area contributed by atoms with Gasteiger partial charge in [-0.15, -0.1) is 0 Å². The number of ether oxygens (including phenoxy) is 4. The Balaban J connectivity index is 1.59. The molecule has 0 radical (unpaired) electrons. The molecular weight excluding hydrogens is 943 g/mol. The summed E-state index contributed by atoms with van der Waals surface area (Å²) >= 11 is 0. The molecule has 0 saturated carbocycles. The molecule has 2 aliphatic heterocycles. The highest BCUT2D eigenvalue weighted by molar-refractivity contribution is 5.76. The van der Waals surface area contributed by atoms with E-state index >= 15 is 0 Å². The van der Waals surface area contributed by atoms with E-state index in [1.165, 1.54) is 89.9 Å². The predicted octanol–water partition coefficient (Wildman–Crippen LogP) is 9.33. The summed E-state index contributed by atoms with van der Waals surface area (Å²) in [6.45, 7) is 2.53. The van der Waals surface area contributed by atoms with Crippen molar-refractivity contribution in [3.8, 4) is 0 Å². The molecule has 0 spiro atoms. The summed E-state index contributed by atoms with van der Waals surface area (Å²) in [5.41, 5.74) is 0. The van der Waals surface area contributed by atoms with Crippen LogP contribution in [-0.2, 0) is 23.7 Å². The maximum atomic E-state index is 13.1. The third-order valence-electron chi connectivity index (χ3n) is 13.5. The Bertz CT molecular complexity index is 1560. The number of rotatable bonds is 44. The SMILES string of the molecule is CC/C=C\C/C=C\C/C=C\C/C=C\C/C=C\CCCCCCCCCCCCCCCCCCCC(=O)NC(COC1OC(CO)C(OC2OC(CO)C(O)C(O)C2O)C(O)C1O)C(O)/C=C/CC/C=C/CCC. The Morgan fingerprint density at radius 1 is 0.500 bits per heavy atom. The van der Waals surface area contributed by atoms with Crippen molar-refractivity contribution in [2.45, 2.75) is 267 Å². The van der Waals surface area contributed by atoms with E-state index in [-0.39, 0.29) is 18.9 Å². The molecule has 0 bridgehead atoms. The van der Waals surface area contributed by atoms with E-state index in [1.54, 1.807) is 6.08 Å².